The summed E-state index contributed by atoms with van der Waals surface area (Å²) < 4.78 is 16.6. The molecule has 31 heavy (non-hydrogen) atoms. The van der Waals surface area contributed by atoms with Crippen molar-refractivity contribution in [2.24, 2.45) is 4.99 Å². The highest BCUT2D eigenvalue weighted by Crippen LogP contribution is 2.40. The summed E-state index contributed by atoms with van der Waals surface area (Å²) in [4.78, 5) is 7.32. The minimum absolute atomic E-state index is 0.0745. The molecule has 0 amide bonds. The molecule has 0 atom stereocenters. The molecule has 0 spiro atoms. The number of ether oxygens (including phenoxy) is 3. The quantitative estimate of drug-likeness (QED) is 0.299. The van der Waals surface area contributed by atoms with Crippen molar-refractivity contribution in [2.45, 2.75) is 38.5 Å². The summed E-state index contributed by atoms with van der Waals surface area (Å²) in [6.45, 7) is 10.9. The molecule has 0 radical (unpaired) electrons. The lowest BCUT2D eigenvalue weighted by atomic mass is 9.73. The number of hydrogen-bond donors (Lipinski definition) is 2. The predicted molar refractivity (Wildman–Crippen MR) is 127 cm³/mol. The fourth-order valence-electron chi connectivity index (χ4n) is 4.04. The molecule has 176 valence electrons. The second-order valence-electron chi connectivity index (χ2n) is 8.37. The van der Waals surface area contributed by atoms with Crippen LogP contribution in [0.3, 0.4) is 0 Å². The standard InChI is InChI=1S/C24H42N4O3/c1-6-25-23(26-12-14-28(3)13-7-15-29-4)27-19-24(10-16-31-17-11-24)21-18-20(2)8-9-22(21)30-5/h8-9,18H,6-7,10-17,19H2,1-5H3,(H2,25,26,27). The van der Waals surface area contributed by atoms with Crippen molar-refractivity contribution >= 4 is 5.96 Å². The lowest BCUT2D eigenvalue weighted by molar-refractivity contribution is 0.0522. The van der Waals surface area contributed by atoms with E-state index in [1.165, 1.54) is 11.1 Å². The predicted octanol–water partition coefficient (Wildman–Crippen LogP) is 2.58. The molecule has 1 heterocycles. The molecule has 0 unspecified atom stereocenters. The minimum Gasteiger partial charge on any atom is -0.496 e. The summed E-state index contributed by atoms with van der Waals surface area (Å²) in [6, 6.07) is 6.44. The fourth-order valence-corrected chi connectivity index (χ4v) is 4.04. The van der Waals surface area contributed by atoms with Crippen LogP contribution in [0, 0.1) is 6.92 Å². The van der Waals surface area contributed by atoms with Gasteiger partial charge in [0.15, 0.2) is 5.96 Å². The normalized spacial score (nSPS) is 16.4. The molecule has 7 nitrogen and oxygen atoms in total. The second kappa shape index (κ2) is 13.6. The van der Waals surface area contributed by atoms with Gasteiger partial charge in [-0.25, -0.2) is 0 Å². The molecule has 1 aromatic carbocycles. The summed E-state index contributed by atoms with van der Waals surface area (Å²) in [7, 11) is 5.64. The zero-order valence-electron chi connectivity index (χ0n) is 20.1. The van der Waals surface area contributed by atoms with E-state index in [2.05, 4.69) is 54.6 Å². The second-order valence-corrected chi connectivity index (χ2v) is 8.37. The number of benzene rings is 1. The molecule has 1 fully saturated rings. The minimum atomic E-state index is -0.0745. The van der Waals surface area contributed by atoms with Crippen LogP contribution in [0.1, 0.15) is 37.3 Å². The first-order chi connectivity index (χ1) is 15.0. The average Bonchev–Trinajstić information content (AvgIpc) is 2.78. The van der Waals surface area contributed by atoms with Crippen LogP contribution in [-0.4, -0.2) is 84.7 Å². The summed E-state index contributed by atoms with van der Waals surface area (Å²) >= 11 is 0. The van der Waals surface area contributed by atoms with Gasteiger partial charge in [0.2, 0.25) is 0 Å². The third kappa shape index (κ3) is 7.98. The maximum absolute atomic E-state index is 5.73. The van der Waals surface area contributed by atoms with E-state index in [-0.39, 0.29) is 5.41 Å². The van der Waals surface area contributed by atoms with Gasteiger partial charge in [0, 0.05) is 64.1 Å². The van der Waals surface area contributed by atoms with E-state index in [1.54, 1.807) is 14.2 Å². The van der Waals surface area contributed by atoms with Crippen molar-refractivity contribution in [3.05, 3.63) is 29.3 Å². The van der Waals surface area contributed by atoms with Gasteiger partial charge in [0.1, 0.15) is 5.75 Å². The van der Waals surface area contributed by atoms with E-state index >= 15 is 0 Å². The Morgan fingerprint density at radius 2 is 1.97 bits per heavy atom. The molecule has 2 rings (SSSR count). The zero-order chi connectivity index (χ0) is 22.5. The van der Waals surface area contributed by atoms with Crippen LogP contribution >= 0.6 is 0 Å². The molecule has 1 saturated heterocycles. The number of nitrogens with one attached hydrogen (secondary N) is 2. The van der Waals surface area contributed by atoms with E-state index in [9.17, 15) is 0 Å². The van der Waals surface area contributed by atoms with Gasteiger partial charge in [0.25, 0.3) is 0 Å². The van der Waals surface area contributed by atoms with E-state index in [4.69, 9.17) is 19.2 Å². The molecule has 1 aromatic rings. The number of methoxy groups -OCH3 is 2. The van der Waals surface area contributed by atoms with Gasteiger partial charge in [-0.2, -0.15) is 0 Å². The first-order valence-electron chi connectivity index (χ1n) is 11.5. The average molecular weight is 435 g/mol. The Morgan fingerprint density at radius 3 is 2.65 bits per heavy atom. The van der Waals surface area contributed by atoms with Crippen LogP contribution in [-0.2, 0) is 14.9 Å². The lowest BCUT2D eigenvalue weighted by Crippen LogP contribution is -2.43. The molecule has 2 N–H and O–H groups in total. The monoisotopic (exact) mass is 434 g/mol. The number of aryl methyl sites for hydroxylation is 1. The smallest absolute Gasteiger partial charge is 0.191 e. The Kier molecular flexibility index (Phi) is 11.1. The van der Waals surface area contributed by atoms with Crippen LogP contribution in [0.4, 0.5) is 0 Å². The summed E-state index contributed by atoms with van der Waals surface area (Å²) in [5.74, 6) is 1.81. The maximum atomic E-state index is 5.73. The lowest BCUT2D eigenvalue weighted by Gasteiger charge is -2.37. The van der Waals surface area contributed by atoms with E-state index in [0.29, 0.717) is 6.54 Å². The molecule has 0 bridgehead atoms. The van der Waals surface area contributed by atoms with E-state index < -0.39 is 0 Å². The first-order valence-corrected chi connectivity index (χ1v) is 11.5. The SMILES string of the molecule is CCNC(=NCC1(c2cc(C)ccc2OC)CCOCC1)NCCN(C)CCCOC. The van der Waals surface area contributed by atoms with Crippen LogP contribution in [0.15, 0.2) is 23.2 Å². The highest BCUT2D eigenvalue weighted by molar-refractivity contribution is 5.79. The molecular formula is C24H42N4O3. The molecule has 0 saturated carbocycles. The van der Waals surface area contributed by atoms with E-state index in [0.717, 1.165) is 77.0 Å². The van der Waals surface area contributed by atoms with Crippen molar-refractivity contribution in [1.82, 2.24) is 15.5 Å². The van der Waals surface area contributed by atoms with Gasteiger partial charge < -0.3 is 29.7 Å². The fraction of sp³-hybridized carbons (Fsp3) is 0.708. The number of nitrogens with zero attached hydrogens (tertiary/aromatic N) is 2. The zero-order valence-corrected chi connectivity index (χ0v) is 20.1. The number of aliphatic imine (C=N–C) groups is 1. The maximum Gasteiger partial charge on any atom is 0.191 e. The molecular weight excluding hydrogens is 392 g/mol. The number of hydrogen-bond acceptors (Lipinski definition) is 5. The highest BCUT2D eigenvalue weighted by Gasteiger charge is 2.37. The Morgan fingerprint density at radius 1 is 1.19 bits per heavy atom. The summed E-state index contributed by atoms with van der Waals surface area (Å²) in [5, 5.41) is 6.89. The Balaban J connectivity index is 2.09. The van der Waals surface area contributed by atoms with Crippen molar-refractivity contribution in [3.63, 3.8) is 0 Å². The van der Waals surface area contributed by atoms with Gasteiger partial charge in [-0.3, -0.25) is 4.99 Å². The largest absolute Gasteiger partial charge is 0.496 e. The number of guanidine groups is 1. The van der Waals surface area contributed by atoms with Crippen molar-refractivity contribution < 1.29 is 14.2 Å². The Labute approximate surface area is 188 Å². The molecule has 7 heteroatoms. The van der Waals surface area contributed by atoms with E-state index in [1.807, 2.05) is 0 Å². The van der Waals surface area contributed by atoms with Crippen molar-refractivity contribution in [3.8, 4) is 5.75 Å². The molecule has 0 aromatic heterocycles. The summed E-state index contributed by atoms with van der Waals surface area (Å²) in [6.07, 6.45) is 2.93. The molecule has 0 aliphatic carbocycles. The van der Waals surface area contributed by atoms with Gasteiger partial charge in [-0.05, 0) is 46.2 Å². The van der Waals surface area contributed by atoms with Crippen LogP contribution < -0.4 is 15.4 Å². The first kappa shape index (κ1) is 25.4. The highest BCUT2D eigenvalue weighted by atomic mass is 16.5. The summed E-state index contributed by atoms with van der Waals surface area (Å²) in [5.41, 5.74) is 2.41. The van der Waals surface area contributed by atoms with Gasteiger partial charge in [0.05, 0.1) is 13.7 Å². The third-order valence-corrected chi connectivity index (χ3v) is 5.93. The van der Waals surface area contributed by atoms with Gasteiger partial charge in [-0.1, -0.05) is 17.7 Å². The van der Waals surface area contributed by atoms with Crippen LogP contribution in [0.25, 0.3) is 0 Å². The Bertz CT molecular complexity index is 675. The van der Waals surface area contributed by atoms with Crippen LogP contribution in [0.2, 0.25) is 0 Å². The van der Waals surface area contributed by atoms with Crippen molar-refractivity contribution in [1.29, 1.82) is 0 Å². The number of likely N-dealkylation sites (N-methyl/N-ethyl adjacent to an activating group) is 1. The van der Waals surface area contributed by atoms with Crippen molar-refractivity contribution in [2.75, 3.05) is 73.8 Å². The number of rotatable bonds is 12. The topological polar surface area (TPSA) is 67.4 Å². The van der Waals surface area contributed by atoms with Gasteiger partial charge in [-0.15, -0.1) is 0 Å². The van der Waals surface area contributed by atoms with Gasteiger partial charge >= 0.3 is 0 Å². The Hall–Kier alpha value is -1.83. The van der Waals surface area contributed by atoms with Crippen LogP contribution in [0.5, 0.6) is 5.75 Å². The third-order valence-electron chi connectivity index (χ3n) is 5.93. The molecule has 1 aliphatic rings. The molecule has 1 aliphatic heterocycles.